The third-order valence-electron chi connectivity index (χ3n) is 5.37. The van der Waals surface area contributed by atoms with Crippen LogP contribution in [0.5, 0.6) is 0 Å². The monoisotopic (exact) mass is 536 g/mol. The van der Waals surface area contributed by atoms with Crippen molar-refractivity contribution in [3.8, 4) is 0 Å². The minimum atomic E-state index is -0.789. The number of thiazole rings is 1. The van der Waals surface area contributed by atoms with Crippen molar-refractivity contribution in [1.29, 1.82) is 0 Å². The van der Waals surface area contributed by atoms with E-state index in [2.05, 4.69) is 45.3 Å². The second-order valence-corrected chi connectivity index (χ2v) is 9.18. The van der Waals surface area contributed by atoms with Crippen LogP contribution in [0.1, 0.15) is 39.5 Å². The van der Waals surface area contributed by atoms with Crippen LogP contribution in [-0.2, 0) is 23.9 Å². The number of aromatic nitrogens is 1. The fraction of sp³-hybridized carbons (Fsp3) is 0.440. The van der Waals surface area contributed by atoms with Gasteiger partial charge in [-0.05, 0) is 19.3 Å². The van der Waals surface area contributed by atoms with Crippen molar-refractivity contribution in [3.63, 3.8) is 0 Å². The highest BCUT2D eigenvalue weighted by molar-refractivity contribution is 7.13. The molecule has 2 aliphatic rings. The first kappa shape index (κ1) is 29.9. The molecule has 2 heterocycles. The van der Waals surface area contributed by atoms with Crippen LogP contribution in [0.15, 0.2) is 41.6 Å². The summed E-state index contributed by atoms with van der Waals surface area (Å²) < 4.78 is 9.66. The standard InChI is InChI=1S/C16H21N5O4S.C9H13O2.2H2/c1-9(13(22)19-10(2)15(24)25-3)18-14(23)12-8-26-16(20-12)21-6-4-11(17)5-7-21;1-2-5-11-7-9(6-10)8-3-4-8;;/h8,11H,1-2,4-7,17H2,3H3,(H,18,23)(H,19,22);3-4,6,9H,2,5,7H2,1H3;2*1H. The Balaban J connectivity index is 0.000000939. The number of carbonyl (C=O) groups is 4. The summed E-state index contributed by atoms with van der Waals surface area (Å²) in [6.45, 7) is 11.8. The second kappa shape index (κ2) is 15.0. The molecule has 1 aromatic rings. The topological polar surface area (TPSA) is 153 Å². The number of methoxy groups -OCH3 is 1. The molecule has 1 aliphatic heterocycles. The number of hydrogen-bond acceptors (Lipinski definition) is 10. The van der Waals surface area contributed by atoms with Gasteiger partial charge in [-0.2, -0.15) is 0 Å². The first-order valence-electron chi connectivity index (χ1n) is 11.8. The number of nitrogens with one attached hydrogen (secondary N) is 2. The number of aldehydes is 1. The van der Waals surface area contributed by atoms with E-state index in [1.54, 1.807) is 5.38 Å². The first-order chi connectivity index (χ1) is 17.7. The number of nitrogens with two attached hydrogens (primary N) is 1. The van der Waals surface area contributed by atoms with Crippen LogP contribution in [0.2, 0.25) is 0 Å². The zero-order chi connectivity index (χ0) is 27.4. The average Bonchev–Trinajstić information content (AvgIpc) is 3.61. The number of esters is 1. The van der Waals surface area contributed by atoms with E-state index in [4.69, 9.17) is 10.5 Å². The molecule has 12 heteroatoms. The molecule has 4 N–H and O–H groups in total. The van der Waals surface area contributed by atoms with Crippen molar-refractivity contribution in [2.24, 2.45) is 11.7 Å². The molecule has 205 valence electrons. The zero-order valence-electron chi connectivity index (χ0n) is 21.2. The van der Waals surface area contributed by atoms with Gasteiger partial charge < -0.3 is 35.5 Å². The van der Waals surface area contributed by atoms with Crippen LogP contribution in [0.3, 0.4) is 0 Å². The van der Waals surface area contributed by atoms with Crippen LogP contribution < -0.4 is 21.3 Å². The Morgan fingerprint density at radius 1 is 1.30 bits per heavy atom. The fourth-order valence-electron chi connectivity index (χ4n) is 3.11. The number of rotatable bonds is 12. The zero-order valence-corrected chi connectivity index (χ0v) is 22.0. The largest absolute Gasteiger partial charge is 0.464 e. The predicted molar refractivity (Wildman–Crippen MR) is 145 cm³/mol. The summed E-state index contributed by atoms with van der Waals surface area (Å²) in [5.41, 5.74) is 6.69. The smallest absolute Gasteiger partial charge is 0.353 e. The highest BCUT2D eigenvalue weighted by atomic mass is 32.1. The molecule has 37 heavy (non-hydrogen) atoms. The number of piperidine rings is 1. The van der Waals surface area contributed by atoms with Crippen LogP contribution in [-0.4, -0.2) is 68.5 Å². The molecule has 1 saturated heterocycles. The molecule has 0 aromatic carbocycles. The number of nitrogens with zero attached hydrogens (tertiary/aromatic N) is 2. The molecule has 1 atom stereocenters. The minimum Gasteiger partial charge on any atom is -0.464 e. The Morgan fingerprint density at radius 2 is 1.97 bits per heavy atom. The molecule has 1 aromatic heterocycles. The lowest BCUT2D eigenvalue weighted by Crippen LogP contribution is -2.39. The van der Waals surface area contributed by atoms with Crippen LogP contribution in [0.25, 0.3) is 0 Å². The number of hydrogen-bond donors (Lipinski definition) is 3. The molecule has 1 unspecified atom stereocenters. The normalized spacial score (nSPS) is 15.3. The summed E-state index contributed by atoms with van der Waals surface area (Å²) in [4.78, 5) is 52.1. The van der Waals surface area contributed by atoms with E-state index in [0.29, 0.717) is 6.61 Å². The van der Waals surface area contributed by atoms with Gasteiger partial charge in [0.25, 0.3) is 11.8 Å². The van der Waals surface area contributed by atoms with E-state index in [0.717, 1.165) is 63.1 Å². The van der Waals surface area contributed by atoms with Crippen molar-refractivity contribution < 1.29 is 31.5 Å². The summed E-state index contributed by atoms with van der Waals surface area (Å²) in [5.74, 6) is -2.14. The number of anilines is 1. The van der Waals surface area contributed by atoms with Crippen molar-refractivity contribution in [2.45, 2.75) is 32.2 Å². The summed E-state index contributed by atoms with van der Waals surface area (Å²) in [5, 5.41) is 6.88. The van der Waals surface area contributed by atoms with Crippen LogP contribution >= 0.6 is 11.3 Å². The molecule has 1 fully saturated rings. The van der Waals surface area contributed by atoms with Gasteiger partial charge in [-0.25, -0.2) is 9.78 Å². The van der Waals surface area contributed by atoms with Crippen molar-refractivity contribution in [1.82, 2.24) is 15.6 Å². The van der Waals surface area contributed by atoms with Gasteiger partial charge in [0, 0.05) is 40.4 Å². The third-order valence-corrected chi connectivity index (χ3v) is 6.27. The highest BCUT2D eigenvalue weighted by Gasteiger charge is 2.22. The van der Waals surface area contributed by atoms with Gasteiger partial charge in [0.15, 0.2) is 5.13 Å². The van der Waals surface area contributed by atoms with E-state index < -0.39 is 17.8 Å². The van der Waals surface area contributed by atoms with Gasteiger partial charge in [-0.15, -0.1) is 11.3 Å². The van der Waals surface area contributed by atoms with Crippen molar-refractivity contribution in [2.75, 3.05) is 38.3 Å². The Bertz CT molecular complexity index is 1040. The highest BCUT2D eigenvalue weighted by Crippen LogP contribution is 2.25. The SMILES string of the molecule is C=C(NC(=O)c1csc(N2CCC(N)CC2)n1)C(=O)NC(=C)C(=O)OC.CCCOCC(C=O)C1=C[CH]1.[HH].[HH]. The summed E-state index contributed by atoms with van der Waals surface area (Å²) in [7, 11) is 1.16. The Kier molecular flexibility index (Phi) is 12.1. The van der Waals surface area contributed by atoms with Crippen molar-refractivity contribution >= 4 is 40.5 Å². The molecule has 2 amide bonds. The number of ether oxygens (including phenoxy) is 2. The van der Waals surface area contributed by atoms with Crippen LogP contribution in [0, 0.1) is 12.3 Å². The summed E-state index contributed by atoms with van der Waals surface area (Å²) >= 11 is 1.35. The Labute approximate surface area is 223 Å². The summed E-state index contributed by atoms with van der Waals surface area (Å²) in [6, 6.07) is 0.204. The number of amides is 2. The van der Waals surface area contributed by atoms with E-state index >= 15 is 0 Å². The number of carbonyl (C=O) groups excluding carboxylic acids is 4. The molecule has 0 saturated carbocycles. The van der Waals surface area contributed by atoms with Crippen LogP contribution in [0.4, 0.5) is 5.13 Å². The lowest BCUT2D eigenvalue weighted by Gasteiger charge is -2.29. The van der Waals surface area contributed by atoms with Gasteiger partial charge in [0.05, 0.1) is 25.3 Å². The number of allylic oxidation sites excluding steroid dienone is 1. The lowest BCUT2D eigenvalue weighted by atomic mass is 10.1. The first-order valence-corrected chi connectivity index (χ1v) is 12.7. The molecule has 0 bridgehead atoms. The second-order valence-electron chi connectivity index (χ2n) is 8.35. The van der Waals surface area contributed by atoms with Crippen molar-refractivity contribution in [3.05, 3.63) is 53.7 Å². The van der Waals surface area contributed by atoms with Gasteiger partial charge in [-0.3, -0.25) is 9.59 Å². The van der Waals surface area contributed by atoms with Gasteiger partial charge in [0.2, 0.25) is 0 Å². The van der Waals surface area contributed by atoms with E-state index in [-0.39, 0.29) is 31.9 Å². The Morgan fingerprint density at radius 3 is 2.54 bits per heavy atom. The third kappa shape index (κ3) is 9.90. The van der Waals surface area contributed by atoms with E-state index in [1.165, 1.54) is 11.3 Å². The Hall–Kier alpha value is -3.35. The van der Waals surface area contributed by atoms with Gasteiger partial charge >= 0.3 is 5.97 Å². The van der Waals surface area contributed by atoms with Gasteiger partial charge in [0.1, 0.15) is 17.7 Å². The fourth-order valence-corrected chi connectivity index (χ4v) is 3.97. The lowest BCUT2D eigenvalue weighted by molar-refractivity contribution is -0.137. The molecule has 1 aliphatic carbocycles. The maximum atomic E-state index is 12.2. The quantitative estimate of drug-likeness (QED) is 0.157. The predicted octanol–water partition coefficient (Wildman–Crippen LogP) is 1.98. The average molecular weight is 537 g/mol. The molecular formula is C25H38N5O6S. The molecule has 11 nitrogen and oxygen atoms in total. The molecular weight excluding hydrogens is 498 g/mol. The molecule has 0 spiro atoms. The maximum Gasteiger partial charge on any atom is 0.353 e. The van der Waals surface area contributed by atoms with Gasteiger partial charge in [-0.1, -0.05) is 31.7 Å². The molecule has 3 rings (SSSR count). The van der Waals surface area contributed by atoms with E-state index in [9.17, 15) is 19.2 Å². The summed E-state index contributed by atoms with van der Waals surface area (Å²) in [6.07, 6.45) is 7.62. The maximum absolute atomic E-state index is 12.2. The minimum absolute atomic E-state index is 0. The molecule has 1 radical (unpaired) electrons. The van der Waals surface area contributed by atoms with E-state index in [1.807, 2.05) is 12.5 Å².